The Kier molecular flexibility index (Phi) is 12.9. The molecule has 42 heavy (non-hydrogen) atoms. The maximum atomic E-state index is 13.2. The van der Waals surface area contributed by atoms with Crippen LogP contribution in [0.15, 0.2) is 42.6 Å². The average molecular weight is 605 g/mol. The zero-order valence-electron chi connectivity index (χ0n) is 22.5. The molecule has 2 heterocycles. The molecule has 12 nitrogen and oxygen atoms in total. The van der Waals surface area contributed by atoms with Gasteiger partial charge in [0, 0.05) is 12.6 Å². The Bertz CT molecular complexity index is 1140. The summed E-state index contributed by atoms with van der Waals surface area (Å²) in [5, 5.41) is 35.4. The SMILES string of the molecule is CN1CCC(N(Cc2ccc(F)cn2)C(=O)NCc2ccc(OCC(F)(F)F)cc2)CC1.O=C(O)C(O)C(O)C(=O)O. The van der Waals surface area contributed by atoms with Gasteiger partial charge in [0.2, 0.25) is 0 Å². The molecule has 0 saturated carbocycles. The summed E-state index contributed by atoms with van der Waals surface area (Å²) in [6, 6.07) is 8.70. The number of hydrogen-bond donors (Lipinski definition) is 5. The van der Waals surface area contributed by atoms with Crippen LogP contribution in [-0.2, 0) is 22.7 Å². The van der Waals surface area contributed by atoms with Gasteiger partial charge in [-0.15, -0.1) is 0 Å². The summed E-state index contributed by atoms with van der Waals surface area (Å²) in [6.45, 7) is 0.838. The lowest BCUT2D eigenvalue weighted by Crippen LogP contribution is -2.49. The number of nitrogens with one attached hydrogen (secondary N) is 1. The van der Waals surface area contributed by atoms with Gasteiger partial charge in [-0.2, -0.15) is 13.2 Å². The Hall–Kier alpha value is -4.02. The van der Waals surface area contributed by atoms with E-state index in [1.54, 1.807) is 23.1 Å². The molecule has 3 rings (SSSR count). The molecular weight excluding hydrogens is 572 g/mol. The lowest BCUT2D eigenvalue weighted by Gasteiger charge is -2.37. The predicted octanol–water partition coefficient (Wildman–Crippen LogP) is 1.85. The molecule has 232 valence electrons. The largest absolute Gasteiger partial charge is 0.484 e. The molecule has 1 aromatic carbocycles. The zero-order valence-corrected chi connectivity index (χ0v) is 22.5. The highest BCUT2D eigenvalue weighted by Crippen LogP contribution is 2.20. The number of rotatable bonds is 10. The van der Waals surface area contributed by atoms with Crippen molar-refractivity contribution >= 4 is 18.0 Å². The fourth-order valence-electron chi connectivity index (χ4n) is 3.77. The summed E-state index contributed by atoms with van der Waals surface area (Å²) < 4.78 is 54.7. The number of ether oxygens (including phenoxy) is 1. The topological polar surface area (TPSA) is 173 Å². The van der Waals surface area contributed by atoms with Gasteiger partial charge in [-0.25, -0.2) is 18.8 Å². The Balaban J connectivity index is 0.000000528. The van der Waals surface area contributed by atoms with Gasteiger partial charge in [0.1, 0.15) is 11.6 Å². The molecule has 0 bridgehead atoms. The number of carboxylic acid groups (broad SMARTS) is 2. The number of amides is 2. The van der Waals surface area contributed by atoms with Gasteiger partial charge in [-0.1, -0.05) is 12.1 Å². The van der Waals surface area contributed by atoms with Crippen molar-refractivity contribution < 1.29 is 57.1 Å². The second-order valence-electron chi connectivity index (χ2n) is 9.40. The van der Waals surface area contributed by atoms with Gasteiger partial charge in [0.25, 0.3) is 0 Å². The molecule has 2 aromatic rings. The highest BCUT2D eigenvalue weighted by Gasteiger charge is 2.30. The summed E-state index contributed by atoms with van der Waals surface area (Å²) in [6.07, 6.45) is -6.17. The number of likely N-dealkylation sites (tertiary alicyclic amines) is 1. The number of nitrogens with zero attached hydrogens (tertiary/aromatic N) is 3. The Morgan fingerprint density at radius 3 is 2.10 bits per heavy atom. The van der Waals surface area contributed by atoms with Crippen LogP contribution in [0, 0.1) is 5.82 Å². The number of aromatic nitrogens is 1. The first-order valence-electron chi connectivity index (χ1n) is 12.6. The molecule has 2 atom stereocenters. The van der Waals surface area contributed by atoms with E-state index in [1.807, 2.05) is 7.05 Å². The van der Waals surface area contributed by atoms with E-state index in [2.05, 4.69) is 15.2 Å². The van der Waals surface area contributed by atoms with Crippen molar-refractivity contribution in [3.8, 4) is 5.75 Å². The Morgan fingerprint density at radius 2 is 1.62 bits per heavy atom. The van der Waals surface area contributed by atoms with E-state index in [1.165, 1.54) is 18.2 Å². The van der Waals surface area contributed by atoms with Gasteiger partial charge in [0.05, 0.1) is 18.4 Å². The van der Waals surface area contributed by atoms with Gasteiger partial charge >= 0.3 is 24.1 Å². The van der Waals surface area contributed by atoms with Crippen LogP contribution in [0.4, 0.5) is 22.4 Å². The molecule has 1 saturated heterocycles. The number of halogens is 4. The summed E-state index contributed by atoms with van der Waals surface area (Å²) in [4.78, 5) is 40.5. The molecule has 1 aliphatic heterocycles. The van der Waals surface area contributed by atoms with Gasteiger partial charge in [-0.05, 0) is 62.8 Å². The minimum Gasteiger partial charge on any atom is -0.484 e. The van der Waals surface area contributed by atoms with Gasteiger partial charge in [-0.3, -0.25) is 4.98 Å². The smallest absolute Gasteiger partial charge is 0.422 e. The van der Waals surface area contributed by atoms with E-state index >= 15 is 0 Å². The number of alkyl halides is 3. The van der Waals surface area contributed by atoms with E-state index in [9.17, 15) is 31.9 Å². The molecule has 0 radical (unpaired) electrons. The van der Waals surface area contributed by atoms with E-state index in [4.69, 9.17) is 25.2 Å². The number of carboxylic acids is 2. The fourth-order valence-corrected chi connectivity index (χ4v) is 3.77. The highest BCUT2D eigenvalue weighted by atomic mass is 19.4. The van der Waals surface area contributed by atoms with Gasteiger partial charge in [0.15, 0.2) is 18.8 Å². The zero-order chi connectivity index (χ0) is 31.4. The first-order chi connectivity index (χ1) is 19.7. The molecule has 16 heteroatoms. The molecule has 1 aliphatic rings. The number of urea groups is 1. The van der Waals surface area contributed by atoms with Crippen molar-refractivity contribution in [2.24, 2.45) is 0 Å². The second-order valence-corrected chi connectivity index (χ2v) is 9.40. The Labute approximate surface area is 238 Å². The highest BCUT2D eigenvalue weighted by molar-refractivity contribution is 5.83. The van der Waals surface area contributed by atoms with E-state index in [-0.39, 0.29) is 30.9 Å². The summed E-state index contributed by atoms with van der Waals surface area (Å²) in [5.41, 5.74) is 1.31. The van der Waals surface area contributed by atoms with Crippen LogP contribution in [0.1, 0.15) is 24.1 Å². The lowest BCUT2D eigenvalue weighted by molar-refractivity contribution is -0.165. The maximum Gasteiger partial charge on any atom is 0.422 e. The van der Waals surface area contributed by atoms with Crippen LogP contribution < -0.4 is 10.1 Å². The summed E-state index contributed by atoms with van der Waals surface area (Å²) >= 11 is 0. The first-order valence-corrected chi connectivity index (χ1v) is 12.6. The van der Waals surface area contributed by atoms with Crippen molar-refractivity contribution in [1.29, 1.82) is 0 Å². The van der Waals surface area contributed by atoms with Crippen LogP contribution in [0.5, 0.6) is 5.75 Å². The number of aliphatic hydroxyl groups excluding tert-OH is 2. The van der Waals surface area contributed by atoms with Crippen molar-refractivity contribution in [2.45, 2.75) is 50.4 Å². The number of carbonyl (C=O) groups is 3. The molecule has 5 N–H and O–H groups in total. The minimum absolute atomic E-state index is 0.0243. The number of aliphatic carboxylic acids is 2. The summed E-state index contributed by atoms with van der Waals surface area (Å²) in [7, 11) is 2.03. The molecule has 0 spiro atoms. The molecule has 1 aromatic heterocycles. The third kappa shape index (κ3) is 11.8. The summed E-state index contributed by atoms with van der Waals surface area (Å²) in [5.74, 6) is -3.87. The van der Waals surface area contributed by atoms with E-state index < -0.39 is 42.7 Å². The van der Waals surface area contributed by atoms with Crippen LogP contribution in [0.25, 0.3) is 0 Å². The second kappa shape index (κ2) is 15.8. The first kappa shape index (κ1) is 34.2. The maximum absolute atomic E-state index is 13.2. The number of piperidine rings is 1. The van der Waals surface area contributed by atoms with E-state index in [0.29, 0.717) is 5.69 Å². The standard InChI is InChI=1S/C22H26F4N4O2.C4H6O6/c1-29-10-8-19(9-11-29)30(14-18-5-4-17(23)13-27-18)21(31)28-12-16-2-6-20(7-3-16)32-15-22(24,25)26;5-1(3(7)8)2(6)4(9)10/h2-7,13,19H,8-12,14-15H2,1H3,(H,28,31);1-2,5-6H,(H,7,8)(H,9,10). The number of carbonyl (C=O) groups excluding carboxylic acids is 1. The molecule has 2 unspecified atom stereocenters. The van der Waals surface area contributed by atoms with Gasteiger partial charge < -0.3 is 40.3 Å². The van der Waals surface area contributed by atoms with Crippen molar-refractivity contribution in [3.63, 3.8) is 0 Å². The predicted molar refractivity (Wildman–Crippen MR) is 138 cm³/mol. The van der Waals surface area contributed by atoms with Crippen molar-refractivity contribution in [1.82, 2.24) is 20.1 Å². The molecule has 1 fully saturated rings. The van der Waals surface area contributed by atoms with E-state index in [0.717, 1.165) is 37.7 Å². The van der Waals surface area contributed by atoms with Crippen molar-refractivity contribution in [3.05, 3.63) is 59.7 Å². The van der Waals surface area contributed by atoms with Crippen LogP contribution in [0.3, 0.4) is 0 Å². The third-order valence-electron chi connectivity index (χ3n) is 6.09. The molecular formula is C26H32F4N4O8. The normalized spacial score (nSPS) is 15.5. The van der Waals surface area contributed by atoms with Crippen LogP contribution in [-0.4, -0.2) is 104 Å². The fraction of sp³-hybridized carbons (Fsp3) is 0.462. The van der Waals surface area contributed by atoms with Crippen molar-refractivity contribution in [2.75, 3.05) is 26.7 Å². The number of hydrogen-bond acceptors (Lipinski definition) is 8. The third-order valence-corrected chi connectivity index (χ3v) is 6.09. The monoisotopic (exact) mass is 604 g/mol. The lowest BCUT2D eigenvalue weighted by atomic mass is 10.0. The quantitative estimate of drug-likeness (QED) is 0.252. The number of benzene rings is 1. The molecule has 0 aliphatic carbocycles. The van der Waals surface area contributed by atoms with Crippen LogP contribution in [0.2, 0.25) is 0 Å². The number of pyridine rings is 1. The average Bonchev–Trinajstić information content (AvgIpc) is 2.94. The molecule has 2 amide bonds. The van der Waals surface area contributed by atoms with Crippen LogP contribution >= 0.6 is 0 Å². The number of aliphatic hydroxyl groups is 2. The Morgan fingerprint density at radius 1 is 1.05 bits per heavy atom. The minimum atomic E-state index is -4.40.